The van der Waals surface area contributed by atoms with E-state index < -0.39 is 5.97 Å². The predicted molar refractivity (Wildman–Crippen MR) is 83.7 cm³/mol. The van der Waals surface area contributed by atoms with Crippen molar-refractivity contribution in [3.8, 4) is 0 Å². The van der Waals surface area contributed by atoms with Crippen LogP contribution in [0.3, 0.4) is 0 Å². The Bertz CT molecular complexity index is 551. The SMILES string of the molecule is CCCCN(Cc1ccc(C(=O)O)s1)c1ccccc1. The highest BCUT2D eigenvalue weighted by molar-refractivity contribution is 7.13. The Balaban J connectivity index is 2.12. The van der Waals surface area contributed by atoms with E-state index in [2.05, 4.69) is 24.0 Å². The molecule has 106 valence electrons. The van der Waals surface area contributed by atoms with Crippen molar-refractivity contribution in [2.45, 2.75) is 26.3 Å². The third-order valence-electron chi connectivity index (χ3n) is 3.12. The summed E-state index contributed by atoms with van der Waals surface area (Å²) < 4.78 is 0. The molecular weight excluding hydrogens is 270 g/mol. The fourth-order valence-corrected chi connectivity index (χ4v) is 2.92. The van der Waals surface area contributed by atoms with Crippen LogP contribution in [-0.4, -0.2) is 17.6 Å². The lowest BCUT2D eigenvalue weighted by Gasteiger charge is -2.24. The summed E-state index contributed by atoms with van der Waals surface area (Å²) in [6.45, 7) is 3.93. The van der Waals surface area contributed by atoms with Crippen LogP contribution in [0.2, 0.25) is 0 Å². The number of rotatable bonds is 7. The number of nitrogens with zero attached hydrogens (tertiary/aromatic N) is 1. The summed E-state index contributed by atoms with van der Waals surface area (Å²) >= 11 is 1.36. The largest absolute Gasteiger partial charge is 0.477 e. The monoisotopic (exact) mass is 289 g/mol. The van der Waals surface area contributed by atoms with Gasteiger partial charge in [0.15, 0.2) is 0 Å². The quantitative estimate of drug-likeness (QED) is 0.828. The first-order valence-corrected chi connectivity index (χ1v) is 7.64. The van der Waals surface area contributed by atoms with Crippen LogP contribution in [0.15, 0.2) is 42.5 Å². The minimum atomic E-state index is -0.846. The summed E-state index contributed by atoms with van der Waals surface area (Å²) in [6, 6.07) is 13.9. The zero-order valence-corrected chi connectivity index (χ0v) is 12.4. The summed E-state index contributed by atoms with van der Waals surface area (Å²) in [5.41, 5.74) is 1.19. The molecule has 0 bridgehead atoms. The maximum Gasteiger partial charge on any atom is 0.345 e. The molecule has 3 nitrogen and oxygen atoms in total. The number of carboxylic acid groups (broad SMARTS) is 1. The third-order valence-corrected chi connectivity index (χ3v) is 4.18. The van der Waals surface area contributed by atoms with Crippen LogP contribution in [0, 0.1) is 0 Å². The van der Waals surface area contributed by atoms with Crippen molar-refractivity contribution in [1.82, 2.24) is 0 Å². The molecule has 4 heteroatoms. The first-order chi connectivity index (χ1) is 9.70. The van der Waals surface area contributed by atoms with Crippen molar-refractivity contribution >= 4 is 23.0 Å². The van der Waals surface area contributed by atoms with E-state index in [1.54, 1.807) is 6.07 Å². The highest BCUT2D eigenvalue weighted by atomic mass is 32.1. The van der Waals surface area contributed by atoms with Crippen molar-refractivity contribution in [3.05, 3.63) is 52.2 Å². The first-order valence-electron chi connectivity index (χ1n) is 6.82. The van der Waals surface area contributed by atoms with Crippen LogP contribution in [-0.2, 0) is 6.54 Å². The van der Waals surface area contributed by atoms with Gasteiger partial charge in [0.25, 0.3) is 0 Å². The number of hydrogen-bond acceptors (Lipinski definition) is 3. The van der Waals surface area contributed by atoms with Crippen molar-refractivity contribution in [2.75, 3.05) is 11.4 Å². The normalized spacial score (nSPS) is 10.4. The fourth-order valence-electron chi connectivity index (χ4n) is 2.05. The molecule has 0 fully saturated rings. The second-order valence-electron chi connectivity index (χ2n) is 4.68. The van der Waals surface area contributed by atoms with Crippen molar-refractivity contribution in [3.63, 3.8) is 0 Å². The first kappa shape index (κ1) is 14.6. The lowest BCUT2D eigenvalue weighted by atomic mass is 10.2. The fraction of sp³-hybridized carbons (Fsp3) is 0.312. The second kappa shape index (κ2) is 7.10. The van der Waals surface area contributed by atoms with Crippen molar-refractivity contribution < 1.29 is 9.90 Å². The van der Waals surface area contributed by atoms with Gasteiger partial charge in [-0.1, -0.05) is 31.5 Å². The Morgan fingerprint density at radius 3 is 2.55 bits per heavy atom. The number of anilines is 1. The Kier molecular flexibility index (Phi) is 5.18. The Morgan fingerprint density at radius 1 is 1.20 bits per heavy atom. The van der Waals surface area contributed by atoms with Gasteiger partial charge in [-0.05, 0) is 30.7 Å². The van der Waals surface area contributed by atoms with Crippen LogP contribution in [0.25, 0.3) is 0 Å². The van der Waals surface area contributed by atoms with Gasteiger partial charge in [-0.15, -0.1) is 11.3 Å². The summed E-state index contributed by atoms with van der Waals surface area (Å²) in [5.74, 6) is -0.846. The van der Waals surface area contributed by atoms with Gasteiger partial charge in [0, 0.05) is 17.1 Å². The van der Waals surface area contributed by atoms with Crippen LogP contribution in [0.4, 0.5) is 5.69 Å². The maximum absolute atomic E-state index is 10.9. The topological polar surface area (TPSA) is 40.5 Å². The lowest BCUT2D eigenvalue weighted by molar-refractivity contribution is 0.0702. The lowest BCUT2D eigenvalue weighted by Crippen LogP contribution is -2.23. The van der Waals surface area contributed by atoms with Gasteiger partial charge in [0.05, 0.1) is 6.54 Å². The van der Waals surface area contributed by atoms with Crippen LogP contribution >= 0.6 is 11.3 Å². The molecule has 0 aliphatic rings. The van der Waals surface area contributed by atoms with E-state index >= 15 is 0 Å². The van der Waals surface area contributed by atoms with Gasteiger partial charge in [-0.3, -0.25) is 0 Å². The molecule has 0 atom stereocenters. The van der Waals surface area contributed by atoms with Crippen molar-refractivity contribution in [2.24, 2.45) is 0 Å². The summed E-state index contributed by atoms with van der Waals surface area (Å²) in [5, 5.41) is 8.99. The van der Waals surface area contributed by atoms with E-state index in [1.807, 2.05) is 24.3 Å². The molecule has 0 unspecified atom stereocenters. The average molecular weight is 289 g/mol. The molecule has 1 aromatic heterocycles. The minimum absolute atomic E-state index is 0.406. The molecule has 0 aliphatic heterocycles. The predicted octanol–water partition coefficient (Wildman–Crippen LogP) is 4.25. The molecule has 1 aromatic carbocycles. The number of carbonyl (C=O) groups is 1. The number of carboxylic acids is 1. The highest BCUT2D eigenvalue weighted by Gasteiger charge is 2.11. The van der Waals surface area contributed by atoms with E-state index in [1.165, 1.54) is 17.0 Å². The molecule has 2 rings (SSSR count). The molecule has 0 radical (unpaired) electrons. The Labute approximate surface area is 123 Å². The molecular formula is C16H19NO2S. The standard InChI is InChI=1S/C16H19NO2S/c1-2-3-11-17(13-7-5-4-6-8-13)12-14-9-10-15(20-14)16(18)19/h4-10H,2-3,11-12H2,1H3,(H,18,19). The summed E-state index contributed by atoms with van der Waals surface area (Å²) in [4.78, 5) is 14.7. The second-order valence-corrected chi connectivity index (χ2v) is 5.85. The molecule has 0 saturated heterocycles. The van der Waals surface area contributed by atoms with Crippen LogP contribution in [0.1, 0.15) is 34.3 Å². The van der Waals surface area contributed by atoms with Crippen molar-refractivity contribution in [1.29, 1.82) is 0 Å². The molecule has 0 amide bonds. The van der Waals surface area contributed by atoms with Gasteiger partial charge in [0.2, 0.25) is 0 Å². The third kappa shape index (κ3) is 3.84. The number of aromatic carboxylic acids is 1. The number of benzene rings is 1. The van der Waals surface area contributed by atoms with E-state index in [4.69, 9.17) is 5.11 Å². The molecule has 2 aromatic rings. The number of thiophene rings is 1. The molecule has 1 heterocycles. The zero-order chi connectivity index (χ0) is 14.4. The number of hydrogen-bond donors (Lipinski definition) is 1. The van der Waals surface area contributed by atoms with Crippen LogP contribution < -0.4 is 4.90 Å². The summed E-state index contributed by atoms with van der Waals surface area (Å²) in [7, 11) is 0. The Hall–Kier alpha value is -1.81. The van der Waals surface area contributed by atoms with Gasteiger partial charge in [0.1, 0.15) is 4.88 Å². The molecule has 0 aliphatic carbocycles. The molecule has 20 heavy (non-hydrogen) atoms. The van der Waals surface area contributed by atoms with Crippen LogP contribution in [0.5, 0.6) is 0 Å². The Morgan fingerprint density at radius 2 is 1.95 bits per heavy atom. The minimum Gasteiger partial charge on any atom is -0.477 e. The van der Waals surface area contributed by atoms with Gasteiger partial charge in [-0.25, -0.2) is 4.79 Å². The number of unbranched alkanes of at least 4 members (excludes halogenated alkanes) is 1. The molecule has 1 N–H and O–H groups in total. The molecule has 0 saturated carbocycles. The smallest absolute Gasteiger partial charge is 0.345 e. The highest BCUT2D eigenvalue weighted by Crippen LogP contribution is 2.22. The van der Waals surface area contributed by atoms with E-state index in [-0.39, 0.29) is 0 Å². The average Bonchev–Trinajstić information content (AvgIpc) is 2.93. The van der Waals surface area contributed by atoms with Gasteiger partial charge < -0.3 is 10.0 Å². The maximum atomic E-state index is 10.9. The van der Waals surface area contributed by atoms with Gasteiger partial charge >= 0.3 is 5.97 Å². The summed E-state index contributed by atoms with van der Waals surface area (Å²) in [6.07, 6.45) is 2.28. The molecule has 0 spiro atoms. The van der Waals surface area contributed by atoms with E-state index in [0.717, 1.165) is 30.8 Å². The van der Waals surface area contributed by atoms with E-state index in [0.29, 0.717) is 4.88 Å². The van der Waals surface area contributed by atoms with Gasteiger partial charge in [-0.2, -0.15) is 0 Å². The zero-order valence-electron chi connectivity index (χ0n) is 11.6. The number of para-hydroxylation sites is 1. The van der Waals surface area contributed by atoms with E-state index in [9.17, 15) is 4.79 Å².